The number of hydrogen-bond donors (Lipinski definition) is 0. The van der Waals surface area contributed by atoms with Gasteiger partial charge in [-0.25, -0.2) is 0 Å². The summed E-state index contributed by atoms with van der Waals surface area (Å²) in [5.41, 5.74) is 17.6. The fourth-order valence-electron chi connectivity index (χ4n) is 11.2. The zero-order valence-electron chi connectivity index (χ0n) is 34.9. The maximum absolute atomic E-state index is 7.20. The van der Waals surface area contributed by atoms with Gasteiger partial charge in [-0.2, -0.15) is 0 Å². The lowest BCUT2D eigenvalue weighted by Crippen LogP contribution is -2.34. The van der Waals surface area contributed by atoms with E-state index in [1.165, 1.54) is 50.1 Å². The molecule has 3 heteroatoms. The first-order chi connectivity index (χ1) is 31.7. The van der Waals surface area contributed by atoms with Crippen molar-refractivity contribution in [1.82, 2.24) is 0 Å². The highest BCUT2D eigenvalue weighted by atomic mass is 16.6. The highest BCUT2D eigenvalue weighted by Crippen LogP contribution is 2.66. The Hall–Kier alpha value is -8.14. The van der Waals surface area contributed by atoms with Crippen molar-refractivity contribution >= 4 is 17.1 Å². The number of benzene rings is 9. The van der Waals surface area contributed by atoms with Crippen LogP contribution in [0.5, 0.6) is 11.5 Å². The van der Waals surface area contributed by atoms with Crippen molar-refractivity contribution < 1.29 is 9.47 Å². The number of nitrogens with zero attached hydrogens (tertiary/aromatic N) is 1. The van der Waals surface area contributed by atoms with Gasteiger partial charge in [-0.3, -0.25) is 0 Å². The lowest BCUT2D eigenvalue weighted by molar-refractivity contribution is 0.276. The van der Waals surface area contributed by atoms with Gasteiger partial charge in [0.2, 0.25) is 0 Å². The summed E-state index contributed by atoms with van der Waals surface area (Å²) >= 11 is 0. The van der Waals surface area contributed by atoms with Crippen LogP contribution in [0, 0.1) is 5.92 Å². The monoisotopic (exact) mass is 819 g/mol. The van der Waals surface area contributed by atoms with Crippen LogP contribution in [0.25, 0.3) is 44.5 Å². The minimum absolute atomic E-state index is 0.0800. The minimum atomic E-state index is -0.358. The van der Waals surface area contributed by atoms with E-state index in [-0.39, 0.29) is 17.3 Å². The van der Waals surface area contributed by atoms with Crippen molar-refractivity contribution in [1.29, 1.82) is 0 Å². The van der Waals surface area contributed by atoms with Crippen LogP contribution in [-0.4, -0.2) is 0 Å². The van der Waals surface area contributed by atoms with E-state index in [0.717, 1.165) is 45.3 Å². The molecule has 2 atom stereocenters. The Balaban J connectivity index is 0.942. The molecule has 1 aliphatic heterocycles. The van der Waals surface area contributed by atoms with E-state index < -0.39 is 0 Å². The molecule has 64 heavy (non-hydrogen) atoms. The van der Waals surface area contributed by atoms with Crippen molar-refractivity contribution in [3.8, 4) is 56.0 Å². The summed E-state index contributed by atoms with van der Waals surface area (Å²) in [7, 11) is 0. The van der Waals surface area contributed by atoms with Crippen LogP contribution in [0.3, 0.4) is 0 Å². The molecule has 0 saturated heterocycles. The molecule has 4 aliphatic rings. The SMILES string of the molecule is C1=C2Oc3cccc(N(c4ccc(-c5ccccc5-c5ccccc5)cc4)c4cccc(-c5ccccc5)c4)c3OC2=CC2c3ccccc3C3(c4ccccc4-c4ccccc43)C12. The van der Waals surface area contributed by atoms with Crippen molar-refractivity contribution in [3.63, 3.8) is 0 Å². The van der Waals surface area contributed by atoms with Gasteiger partial charge in [0.05, 0.1) is 11.1 Å². The predicted molar refractivity (Wildman–Crippen MR) is 259 cm³/mol. The Morgan fingerprint density at radius 3 is 1.62 bits per heavy atom. The second-order valence-electron chi connectivity index (χ2n) is 17.1. The maximum atomic E-state index is 7.20. The third-order valence-electron chi connectivity index (χ3n) is 13.8. The lowest BCUT2D eigenvalue weighted by atomic mass is 9.65. The molecular weight excluding hydrogens is 779 g/mol. The quantitative estimate of drug-likeness (QED) is 0.167. The number of allylic oxidation sites excluding steroid dienone is 2. The molecule has 9 aromatic rings. The van der Waals surface area contributed by atoms with Gasteiger partial charge in [0, 0.05) is 23.2 Å². The standard InChI is InChI=1S/C61H41NO2/c1-3-17-40(18-4-1)43-21-15-22-45(37-43)62(44-35-33-42(34-36-44)47-24-8-7-23-46(47)41-19-5-2-6-20-41)56-31-16-32-57-60(56)64-58-38-51-50-27-11-14-30-54(50)61(55(51)39-59(58)63-57)52-28-12-9-25-48(52)49-26-10-13-29-53(49)61/h1-39,51,55H. The summed E-state index contributed by atoms with van der Waals surface area (Å²) in [5.74, 6) is 3.05. The van der Waals surface area contributed by atoms with Gasteiger partial charge in [-0.1, -0.05) is 188 Å². The van der Waals surface area contributed by atoms with Gasteiger partial charge in [-0.05, 0) is 115 Å². The summed E-state index contributed by atoms with van der Waals surface area (Å²) in [6.07, 6.45) is 4.69. The van der Waals surface area contributed by atoms with E-state index in [1.807, 2.05) is 6.07 Å². The second-order valence-corrected chi connectivity index (χ2v) is 17.1. The molecule has 0 aromatic heterocycles. The Kier molecular flexibility index (Phi) is 8.26. The van der Waals surface area contributed by atoms with E-state index in [2.05, 4.69) is 235 Å². The van der Waals surface area contributed by atoms with Crippen LogP contribution in [0.1, 0.15) is 28.2 Å². The molecule has 0 N–H and O–H groups in total. The normalized spacial score (nSPS) is 16.7. The Labute approximate surface area is 373 Å². The van der Waals surface area contributed by atoms with Gasteiger partial charge in [0.25, 0.3) is 0 Å². The van der Waals surface area contributed by atoms with Crippen LogP contribution in [-0.2, 0) is 5.41 Å². The maximum Gasteiger partial charge on any atom is 0.194 e. The first-order valence-corrected chi connectivity index (χ1v) is 22.2. The molecule has 1 heterocycles. The molecule has 0 fully saturated rings. The van der Waals surface area contributed by atoms with Gasteiger partial charge in [-0.15, -0.1) is 0 Å². The molecule has 0 radical (unpaired) electrons. The number of hydrogen-bond acceptors (Lipinski definition) is 3. The van der Waals surface area contributed by atoms with E-state index in [4.69, 9.17) is 9.47 Å². The average Bonchev–Trinajstić information content (AvgIpc) is 3.83. The number of para-hydroxylation sites is 1. The molecular formula is C61H41NO2. The van der Waals surface area contributed by atoms with Gasteiger partial charge >= 0.3 is 0 Å². The van der Waals surface area contributed by atoms with Crippen LogP contribution >= 0.6 is 0 Å². The summed E-state index contributed by atoms with van der Waals surface area (Å²) in [5, 5.41) is 0. The van der Waals surface area contributed by atoms with E-state index in [1.54, 1.807) is 0 Å². The summed E-state index contributed by atoms with van der Waals surface area (Å²) in [6.45, 7) is 0. The molecule has 0 saturated carbocycles. The number of ether oxygens (including phenoxy) is 2. The van der Waals surface area contributed by atoms with Crippen LogP contribution in [0.15, 0.2) is 248 Å². The first kappa shape index (κ1) is 36.5. The van der Waals surface area contributed by atoms with Gasteiger partial charge < -0.3 is 14.4 Å². The summed E-state index contributed by atoms with van der Waals surface area (Å²) in [6, 6.07) is 80.7. The van der Waals surface area contributed by atoms with Gasteiger partial charge in [0.15, 0.2) is 23.0 Å². The predicted octanol–water partition coefficient (Wildman–Crippen LogP) is 15.4. The lowest BCUT2D eigenvalue weighted by Gasteiger charge is -2.38. The third-order valence-corrected chi connectivity index (χ3v) is 13.8. The molecule has 2 unspecified atom stereocenters. The van der Waals surface area contributed by atoms with Crippen LogP contribution in [0.4, 0.5) is 17.1 Å². The van der Waals surface area contributed by atoms with Crippen molar-refractivity contribution in [2.75, 3.05) is 4.90 Å². The second kappa shape index (κ2) is 14.5. The number of fused-ring (bicyclic) bond motifs is 12. The van der Waals surface area contributed by atoms with E-state index in [0.29, 0.717) is 11.5 Å². The van der Waals surface area contributed by atoms with Gasteiger partial charge in [0.1, 0.15) is 0 Å². The first-order valence-electron chi connectivity index (χ1n) is 22.2. The summed E-state index contributed by atoms with van der Waals surface area (Å²) in [4.78, 5) is 2.30. The highest BCUT2D eigenvalue weighted by Gasteiger charge is 2.58. The fraction of sp³-hybridized carbons (Fsp3) is 0.0492. The average molecular weight is 820 g/mol. The van der Waals surface area contributed by atoms with E-state index in [9.17, 15) is 0 Å². The largest absolute Gasteiger partial charge is 0.450 e. The molecule has 13 rings (SSSR count). The van der Waals surface area contributed by atoms with E-state index >= 15 is 0 Å². The minimum Gasteiger partial charge on any atom is -0.450 e. The highest BCUT2D eigenvalue weighted by molar-refractivity contribution is 5.89. The molecule has 3 nitrogen and oxygen atoms in total. The van der Waals surface area contributed by atoms with Crippen LogP contribution < -0.4 is 14.4 Å². The van der Waals surface area contributed by atoms with Crippen molar-refractivity contribution in [2.45, 2.75) is 11.3 Å². The molecule has 3 aliphatic carbocycles. The van der Waals surface area contributed by atoms with Crippen molar-refractivity contribution in [3.05, 3.63) is 270 Å². The van der Waals surface area contributed by atoms with Crippen molar-refractivity contribution in [2.24, 2.45) is 5.92 Å². The fourth-order valence-corrected chi connectivity index (χ4v) is 11.2. The molecule has 0 amide bonds. The Morgan fingerprint density at radius 2 is 0.922 bits per heavy atom. The molecule has 9 aromatic carbocycles. The Bertz CT molecular complexity index is 3300. The third kappa shape index (κ3) is 5.47. The number of rotatable bonds is 6. The smallest absolute Gasteiger partial charge is 0.194 e. The Morgan fingerprint density at radius 1 is 0.375 bits per heavy atom. The zero-order valence-corrected chi connectivity index (χ0v) is 34.9. The number of anilines is 3. The zero-order chi connectivity index (χ0) is 42.2. The molecule has 1 spiro atoms. The molecule has 0 bridgehead atoms. The van der Waals surface area contributed by atoms with Crippen LogP contribution in [0.2, 0.25) is 0 Å². The molecule has 302 valence electrons. The summed E-state index contributed by atoms with van der Waals surface area (Å²) < 4.78 is 14.3. The topological polar surface area (TPSA) is 21.7 Å².